The highest BCUT2D eigenvalue weighted by molar-refractivity contribution is 7.89. The quantitative estimate of drug-likeness (QED) is 0.538. The summed E-state index contributed by atoms with van der Waals surface area (Å²) in [6, 6.07) is 11.1. The van der Waals surface area contributed by atoms with Crippen molar-refractivity contribution >= 4 is 26.9 Å². The molecule has 0 aliphatic carbocycles. The molecule has 8 nitrogen and oxygen atoms in total. The van der Waals surface area contributed by atoms with Gasteiger partial charge in [-0.25, -0.2) is 18.4 Å². The summed E-state index contributed by atoms with van der Waals surface area (Å²) in [7, 11) is -3.73. The zero-order chi connectivity index (χ0) is 22.8. The second-order valence-electron chi connectivity index (χ2n) is 7.30. The topological polar surface area (TPSA) is 129 Å². The van der Waals surface area contributed by atoms with Crippen LogP contribution in [-0.2, 0) is 21.2 Å². The first-order valence-electron chi connectivity index (χ1n) is 9.66. The third-order valence-corrected chi connectivity index (χ3v) is 5.89. The van der Waals surface area contributed by atoms with Crippen molar-refractivity contribution in [3.05, 3.63) is 69.6 Å². The average molecular weight is 445 g/mol. The molecule has 1 amide bonds. The second-order valence-corrected chi connectivity index (χ2v) is 8.87. The first-order valence-corrected chi connectivity index (χ1v) is 11.2. The molecule has 31 heavy (non-hydrogen) atoms. The maximum atomic E-state index is 12.4. The van der Waals surface area contributed by atoms with Crippen molar-refractivity contribution in [3.8, 4) is 5.75 Å². The number of aryl methyl sites for hydroxylation is 2. The summed E-state index contributed by atoms with van der Waals surface area (Å²) < 4.78 is 33.7. The smallest absolute Gasteiger partial charge is 0.336 e. The maximum absolute atomic E-state index is 12.4. The normalized spacial score (nSPS) is 12.5. The van der Waals surface area contributed by atoms with Crippen molar-refractivity contribution in [2.24, 2.45) is 5.14 Å². The number of nitrogens with one attached hydrogen (secondary N) is 1. The summed E-state index contributed by atoms with van der Waals surface area (Å²) in [5.74, 6) is 0.161. The van der Waals surface area contributed by atoms with Gasteiger partial charge in [0, 0.05) is 23.6 Å². The lowest BCUT2D eigenvalue weighted by atomic mass is 10.1. The van der Waals surface area contributed by atoms with E-state index in [2.05, 4.69) is 5.32 Å². The highest BCUT2D eigenvalue weighted by Gasteiger charge is 2.17. The highest BCUT2D eigenvalue weighted by atomic mass is 32.2. The molecule has 2 aromatic carbocycles. The number of ether oxygens (including phenoxy) is 1. The van der Waals surface area contributed by atoms with E-state index in [1.165, 1.54) is 18.2 Å². The lowest BCUT2D eigenvalue weighted by molar-refractivity contribution is -0.127. The standard InChI is InChI=1S/C22H24N2O6S/c1-13-12-20(25)30-21-14(2)19(9-8-18(13)21)29-15(3)22(26)24-11-10-16-4-6-17(7-5-16)31(23,27)28/h4-9,12,15H,10-11H2,1-3H3,(H,24,26)(H2,23,27,28). The predicted molar refractivity (Wildman–Crippen MR) is 117 cm³/mol. The van der Waals surface area contributed by atoms with Gasteiger partial charge in [-0.15, -0.1) is 0 Å². The molecule has 0 saturated carbocycles. The molecule has 1 heterocycles. The summed E-state index contributed by atoms with van der Waals surface area (Å²) >= 11 is 0. The molecule has 9 heteroatoms. The van der Waals surface area contributed by atoms with Crippen LogP contribution < -0.4 is 20.8 Å². The van der Waals surface area contributed by atoms with E-state index in [-0.39, 0.29) is 10.8 Å². The van der Waals surface area contributed by atoms with Crippen molar-refractivity contribution in [3.63, 3.8) is 0 Å². The number of hydrogen-bond acceptors (Lipinski definition) is 6. The van der Waals surface area contributed by atoms with Crippen LogP contribution in [0.4, 0.5) is 0 Å². The van der Waals surface area contributed by atoms with Gasteiger partial charge in [0.05, 0.1) is 4.90 Å². The first-order chi connectivity index (χ1) is 14.6. The van der Waals surface area contributed by atoms with Crippen LogP contribution in [0, 0.1) is 13.8 Å². The number of rotatable bonds is 7. The van der Waals surface area contributed by atoms with Crippen LogP contribution in [-0.4, -0.2) is 27.0 Å². The molecule has 0 radical (unpaired) electrons. The molecule has 3 N–H and O–H groups in total. The average Bonchev–Trinajstić information content (AvgIpc) is 2.70. The minimum absolute atomic E-state index is 0.0408. The fourth-order valence-electron chi connectivity index (χ4n) is 3.19. The van der Waals surface area contributed by atoms with Gasteiger partial charge in [0.15, 0.2) is 6.10 Å². The highest BCUT2D eigenvalue weighted by Crippen LogP contribution is 2.28. The Labute approximate surface area is 180 Å². The second kappa shape index (κ2) is 8.91. The van der Waals surface area contributed by atoms with Gasteiger partial charge in [-0.2, -0.15) is 0 Å². The van der Waals surface area contributed by atoms with Crippen molar-refractivity contribution in [1.29, 1.82) is 0 Å². The van der Waals surface area contributed by atoms with Gasteiger partial charge in [-0.3, -0.25) is 4.79 Å². The Morgan fingerprint density at radius 2 is 1.84 bits per heavy atom. The third-order valence-electron chi connectivity index (χ3n) is 4.96. The minimum Gasteiger partial charge on any atom is -0.480 e. The van der Waals surface area contributed by atoms with E-state index in [9.17, 15) is 18.0 Å². The van der Waals surface area contributed by atoms with Gasteiger partial charge in [0.2, 0.25) is 10.0 Å². The van der Waals surface area contributed by atoms with Crippen LogP contribution in [0.3, 0.4) is 0 Å². The summed E-state index contributed by atoms with van der Waals surface area (Å²) in [6.45, 7) is 5.59. The lowest BCUT2D eigenvalue weighted by Crippen LogP contribution is -2.37. The number of benzene rings is 2. The molecule has 3 aromatic rings. The van der Waals surface area contributed by atoms with Crippen molar-refractivity contribution < 1.29 is 22.4 Å². The summed E-state index contributed by atoms with van der Waals surface area (Å²) in [4.78, 5) is 24.1. The monoisotopic (exact) mass is 444 g/mol. The van der Waals surface area contributed by atoms with E-state index < -0.39 is 21.8 Å². The fourth-order valence-corrected chi connectivity index (χ4v) is 3.71. The molecule has 0 spiro atoms. The zero-order valence-corrected chi connectivity index (χ0v) is 18.3. The SMILES string of the molecule is Cc1cc(=O)oc2c(C)c(OC(C)C(=O)NCCc3ccc(S(N)(=O)=O)cc3)ccc12. The number of primary sulfonamides is 1. The Balaban J connectivity index is 1.61. The van der Waals surface area contributed by atoms with Crippen LogP contribution in [0.1, 0.15) is 23.6 Å². The molecule has 1 aromatic heterocycles. The van der Waals surface area contributed by atoms with E-state index in [0.717, 1.165) is 16.5 Å². The maximum Gasteiger partial charge on any atom is 0.336 e. The Bertz CT molecular complexity index is 1280. The van der Waals surface area contributed by atoms with E-state index in [4.69, 9.17) is 14.3 Å². The predicted octanol–water partition coefficient (Wildman–Crippen LogP) is 2.18. The van der Waals surface area contributed by atoms with Gasteiger partial charge in [-0.1, -0.05) is 12.1 Å². The molecule has 1 atom stereocenters. The Hall–Kier alpha value is -3.17. The van der Waals surface area contributed by atoms with Crippen molar-refractivity contribution in [2.75, 3.05) is 6.54 Å². The van der Waals surface area contributed by atoms with Crippen molar-refractivity contribution in [1.82, 2.24) is 5.32 Å². The molecule has 0 bridgehead atoms. The van der Waals surface area contributed by atoms with Crippen LogP contribution in [0.2, 0.25) is 0 Å². The molecule has 3 rings (SSSR count). The van der Waals surface area contributed by atoms with Gasteiger partial charge in [0.1, 0.15) is 11.3 Å². The van der Waals surface area contributed by atoms with Gasteiger partial charge in [-0.05, 0) is 62.6 Å². The number of carbonyl (C=O) groups excluding carboxylic acids is 1. The zero-order valence-electron chi connectivity index (χ0n) is 17.5. The largest absolute Gasteiger partial charge is 0.480 e. The molecule has 0 aliphatic rings. The van der Waals surface area contributed by atoms with Gasteiger partial charge < -0.3 is 14.5 Å². The number of amides is 1. The summed E-state index contributed by atoms with van der Waals surface area (Å²) in [5, 5.41) is 8.68. The van der Waals surface area contributed by atoms with Gasteiger partial charge >= 0.3 is 5.63 Å². The molecule has 0 saturated heterocycles. The Kier molecular flexibility index (Phi) is 6.47. The molecular weight excluding hydrogens is 420 g/mol. The molecule has 0 aliphatic heterocycles. The molecule has 164 valence electrons. The lowest BCUT2D eigenvalue weighted by Gasteiger charge is -2.17. The van der Waals surface area contributed by atoms with Crippen LogP contribution in [0.25, 0.3) is 11.0 Å². The van der Waals surface area contributed by atoms with Crippen LogP contribution in [0.15, 0.2) is 56.6 Å². The summed E-state index contributed by atoms with van der Waals surface area (Å²) in [6.07, 6.45) is -0.250. The molecule has 0 fully saturated rings. The minimum atomic E-state index is -3.73. The fraction of sp³-hybridized carbons (Fsp3) is 0.273. The van der Waals surface area contributed by atoms with Crippen LogP contribution in [0.5, 0.6) is 5.75 Å². The number of sulfonamides is 1. The van der Waals surface area contributed by atoms with E-state index in [0.29, 0.717) is 29.9 Å². The number of carbonyl (C=O) groups is 1. The summed E-state index contributed by atoms with van der Waals surface area (Å²) in [5.41, 5.74) is 2.32. The Morgan fingerprint density at radius 3 is 2.48 bits per heavy atom. The molecular formula is C22H24N2O6S. The number of hydrogen-bond donors (Lipinski definition) is 2. The van der Waals surface area contributed by atoms with Crippen LogP contribution >= 0.6 is 0 Å². The number of nitrogens with two attached hydrogens (primary N) is 1. The first kappa shape index (κ1) is 22.5. The van der Waals surface area contributed by atoms with E-state index in [1.807, 2.05) is 6.92 Å². The third kappa shape index (κ3) is 5.31. The van der Waals surface area contributed by atoms with E-state index >= 15 is 0 Å². The Morgan fingerprint density at radius 1 is 1.16 bits per heavy atom. The number of fused-ring (bicyclic) bond motifs is 1. The van der Waals surface area contributed by atoms with Gasteiger partial charge in [0.25, 0.3) is 5.91 Å². The van der Waals surface area contributed by atoms with E-state index in [1.54, 1.807) is 38.1 Å². The van der Waals surface area contributed by atoms with Crippen molar-refractivity contribution in [2.45, 2.75) is 38.2 Å². The molecule has 1 unspecified atom stereocenters.